The number of hydrogen-bond acceptors (Lipinski definition) is 1. The van der Waals surface area contributed by atoms with Crippen LogP contribution in [0.2, 0.25) is 0 Å². The van der Waals surface area contributed by atoms with Gasteiger partial charge in [-0.3, -0.25) is 0 Å². The molecule has 2 atom stereocenters. The average Bonchev–Trinajstić information content (AvgIpc) is 2.71. The lowest BCUT2D eigenvalue weighted by molar-refractivity contribution is 0.544. The second-order valence-electron chi connectivity index (χ2n) is 3.24. The minimum atomic E-state index is 0.718. The Kier molecular flexibility index (Phi) is 25.9. The van der Waals surface area contributed by atoms with Crippen molar-refractivity contribution in [2.24, 2.45) is 11.8 Å². The summed E-state index contributed by atoms with van der Waals surface area (Å²) in [4.78, 5) is 0. The highest BCUT2D eigenvalue weighted by molar-refractivity contribution is 4.89. The van der Waals surface area contributed by atoms with Crippen LogP contribution in [-0.2, 0) is 0 Å². The van der Waals surface area contributed by atoms with Gasteiger partial charge in [-0.25, -0.2) is 0 Å². The molecule has 1 aliphatic heterocycles. The quantitative estimate of drug-likeness (QED) is 0.635. The Bertz CT molecular complexity index is 99.5. The van der Waals surface area contributed by atoms with Gasteiger partial charge in [0.15, 0.2) is 0 Å². The molecule has 0 aromatic rings. The van der Waals surface area contributed by atoms with Crippen LogP contribution in [0, 0.1) is 11.8 Å². The van der Waals surface area contributed by atoms with Crippen LogP contribution in [0.25, 0.3) is 0 Å². The summed E-state index contributed by atoms with van der Waals surface area (Å²) in [5.41, 5.74) is 0. The summed E-state index contributed by atoms with van der Waals surface area (Å²) in [7, 11) is 0. The summed E-state index contributed by atoms with van der Waals surface area (Å²) in [5.74, 6) is 1.52. The molecule has 1 aliphatic rings. The molecule has 0 bridgehead atoms. The molecule has 1 rings (SSSR count). The minimum Gasteiger partial charge on any atom is -0.316 e. The Morgan fingerprint density at radius 3 is 1.67 bits per heavy atom. The van der Waals surface area contributed by atoms with E-state index >= 15 is 0 Å². The van der Waals surface area contributed by atoms with Crippen LogP contribution in [0.4, 0.5) is 0 Å². The molecule has 1 fully saturated rings. The van der Waals surface area contributed by atoms with Crippen molar-refractivity contribution in [3.8, 4) is 0 Å². The van der Waals surface area contributed by atoms with Gasteiger partial charge in [-0.2, -0.15) is 0 Å². The predicted octanol–water partition coefficient (Wildman–Crippen LogP) is 4.50. The molecule has 0 amide bonds. The van der Waals surface area contributed by atoms with Crippen molar-refractivity contribution < 1.29 is 0 Å². The molecule has 1 nitrogen and oxygen atoms in total. The number of nitrogens with one attached hydrogen (secondary N) is 1. The van der Waals surface area contributed by atoms with Crippen LogP contribution >= 0.6 is 0 Å². The van der Waals surface area contributed by atoms with E-state index in [1.807, 2.05) is 33.8 Å². The Morgan fingerprint density at radius 1 is 1.13 bits per heavy atom. The molecular formula is C14H33N. The first-order chi connectivity index (χ1) is 7.26. The lowest BCUT2D eigenvalue weighted by Gasteiger charge is -2.05. The van der Waals surface area contributed by atoms with Gasteiger partial charge >= 0.3 is 0 Å². The van der Waals surface area contributed by atoms with Gasteiger partial charge in [0.2, 0.25) is 0 Å². The lowest BCUT2D eigenvalue weighted by atomic mass is 9.99. The van der Waals surface area contributed by atoms with Gasteiger partial charge in [0.05, 0.1) is 0 Å². The first kappa shape index (κ1) is 20.2. The highest BCUT2D eigenvalue weighted by Crippen LogP contribution is 2.15. The Hall–Kier alpha value is -0.300. The van der Waals surface area contributed by atoms with Gasteiger partial charge in [0.25, 0.3) is 0 Å². The summed E-state index contributed by atoms with van der Waals surface area (Å²) < 4.78 is 0. The van der Waals surface area contributed by atoms with Crippen molar-refractivity contribution in [2.75, 3.05) is 13.1 Å². The smallest absolute Gasteiger partial charge is 0.00172 e. The first-order valence-electron chi connectivity index (χ1n) is 6.59. The van der Waals surface area contributed by atoms with E-state index in [4.69, 9.17) is 0 Å². The fourth-order valence-electron chi connectivity index (χ4n) is 1.15. The van der Waals surface area contributed by atoms with Gasteiger partial charge < -0.3 is 5.32 Å². The summed E-state index contributed by atoms with van der Waals surface area (Å²) in [6.07, 6.45) is 3.30. The van der Waals surface area contributed by atoms with Gasteiger partial charge in [-0.1, -0.05) is 61.0 Å². The highest BCUT2D eigenvalue weighted by Gasteiger charge is 2.18. The molecule has 1 saturated heterocycles. The largest absolute Gasteiger partial charge is 0.316 e. The van der Waals surface area contributed by atoms with Gasteiger partial charge in [0, 0.05) is 6.54 Å². The Balaban J connectivity index is -0.000000176. The summed E-state index contributed by atoms with van der Waals surface area (Å²) in [5, 5.41) is 3.30. The zero-order valence-corrected chi connectivity index (χ0v) is 12.1. The molecule has 0 aromatic heterocycles. The molecule has 1 N–H and O–H groups in total. The third-order valence-corrected chi connectivity index (χ3v) is 1.88. The lowest BCUT2D eigenvalue weighted by Crippen LogP contribution is -2.07. The van der Waals surface area contributed by atoms with E-state index in [-0.39, 0.29) is 0 Å². The van der Waals surface area contributed by atoms with Crippen LogP contribution in [0.3, 0.4) is 0 Å². The van der Waals surface area contributed by atoms with E-state index in [1.54, 1.807) is 0 Å². The van der Waals surface area contributed by atoms with Crippen LogP contribution in [0.1, 0.15) is 54.9 Å². The Morgan fingerprint density at radius 2 is 1.53 bits per heavy atom. The number of rotatable bonds is 1. The molecule has 2 unspecified atom stereocenters. The SMILES string of the molecule is C=CC1CNCC1C.CC.CC.CCC. The van der Waals surface area contributed by atoms with Gasteiger partial charge in [-0.15, -0.1) is 6.58 Å². The molecule has 0 aliphatic carbocycles. The summed E-state index contributed by atoms with van der Waals surface area (Å²) in [6.45, 7) is 20.6. The summed E-state index contributed by atoms with van der Waals surface area (Å²) in [6, 6.07) is 0. The van der Waals surface area contributed by atoms with E-state index in [0.29, 0.717) is 0 Å². The van der Waals surface area contributed by atoms with Crippen LogP contribution in [0.15, 0.2) is 12.7 Å². The normalized spacial score (nSPS) is 22.1. The molecule has 94 valence electrons. The van der Waals surface area contributed by atoms with E-state index in [0.717, 1.165) is 24.9 Å². The number of hydrogen-bond donors (Lipinski definition) is 1. The molecule has 0 radical (unpaired) electrons. The predicted molar refractivity (Wildman–Crippen MR) is 74.4 cm³/mol. The van der Waals surface area contributed by atoms with E-state index in [2.05, 4.69) is 32.7 Å². The highest BCUT2D eigenvalue weighted by atomic mass is 14.9. The second-order valence-corrected chi connectivity index (χ2v) is 3.24. The first-order valence-corrected chi connectivity index (χ1v) is 6.59. The molecule has 1 heterocycles. The van der Waals surface area contributed by atoms with Crippen molar-refractivity contribution >= 4 is 0 Å². The molecular weight excluding hydrogens is 182 g/mol. The molecule has 0 spiro atoms. The van der Waals surface area contributed by atoms with Crippen molar-refractivity contribution in [3.05, 3.63) is 12.7 Å². The van der Waals surface area contributed by atoms with Crippen LogP contribution < -0.4 is 5.32 Å². The third kappa shape index (κ3) is 13.7. The second kappa shape index (κ2) is 19.3. The zero-order valence-electron chi connectivity index (χ0n) is 12.1. The fourth-order valence-corrected chi connectivity index (χ4v) is 1.15. The molecule has 1 heteroatoms. The maximum Gasteiger partial charge on any atom is 0.00172 e. The molecule has 0 saturated carbocycles. The van der Waals surface area contributed by atoms with Crippen molar-refractivity contribution in [1.82, 2.24) is 5.32 Å². The van der Waals surface area contributed by atoms with Crippen molar-refractivity contribution in [1.29, 1.82) is 0 Å². The van der Waals surface area contributed by atoms with Gasteiger partial charge in [0.1, 0.15) is 0 Å². The molecule has 0 aromatic carbocycles. The van der Waals surface area contributed by atoms with Crippen molar-refractivity contribution in [3.63, 3.8) is 0 Å². The van der Waals surface area contributed by atoms with Crippen LogP contribution in [0.5, 0.6) is 0 Å². The minimum absolute atomic E-state index is 0.718. The van der Waals surface area contributed by atoms with E-state index in [9.17, 15) is 0 Å². The maximum absolute atomic E-state index is 3.75. The average molecular weight is 215 g/mol. The van der Waals surface area contributed by atoms with Crippen molar-refractivity contribution in [2.45, 2.75) is 54.9 Å². The Labute approximate surface area is 98.4 Å². The monoisotopic (exact) mass is 215 g/mol. The fraction of sp³-hybridized carbons (Fsp3) is 0.857. The zero-order chi connectivity index (χ0) is 12.7. The summed E-state index contributed by atoms with van der Waals surface area (Å²) >= 11 is 0. The topological polar surface area (TPSA) is 12.0 Å². The van der Waals surface area contributed by atoms with E-state index in [1.165, 1.54) is 6.42 Å². The standard InChI is InChI=1S/C7H13N.C3H8.2C2H6/c1-3-7-5-8-4-6(7)2;1-3-2;2*1-2/h3,6-8H,1,4-5H2,2H3;3H2,1-2H3;2*1-2H3. The maximum atomic E-state index is 3.75. The van der Waals surface area contributed by atoms with Crippen LogP contribution in [-0.4, -0.2) is 13.1 Å². The van der Waals surface area contributed by atoms with E-state index < -0.39 is 0 Å². The third-order valence-electron chi connectivity index (χ3n) is 1.88. The molecule has 15 heavy (non-hydrogen) atoms. The van der Waals surface area contributed by atoms with Gasteiger partial charge in [-0.05, 0) is 18.4 Å².